The van der Waals surface area contributed by atoms with Gasteiger partial charge in [-0.2, -0.15) is 0 Å². The number of nitrogens with one attached hydrogen (secondary N) is 2. The summed E-state index contributed by atoms with van der Waals surface area (Å²) in [5, 5.41) is 6.89. The number of nitrogens with zero attached hydrogens (tertiary/aromatic N) is 4. The minimum atomic E-state index is -0.549. The predicted octanol–water partition coefficient (Wildman–Crippen LogP) is 7.10. The second-order valence-electron chi connectivity index (χ2n) is 11.5. The van der Waals surface area contributed by atoms with E-state index >= 15 is 0 Å². The molecule has 2 N–H and O–H groups in total. The number of hydrogen-bond donors (Lipinski definition) is 2. The van der Waals surface area contributed by atoms with Crippen LogP contribution in [0.2, 0.25) is 5.02 Å². The smallest absolute Gasteiger partial charge is 0.410 e. The molecule has 1 atom stereocenters. The van der Waals surface area contributed by atoms with Gasteiger partial charge in [-0.3, -0.25) is 4.79 Å². The van der Waals surface area contributed by atoms with Gasteiger partial charge in [0.15, 0.2) is 0 Å². The van der Waals surface area contributed by atoms with Gasteiger partial charge < -0.3 is 25.0 Å². The summed E-state index contributed by atoms with van der Waals surface area (Å²) in [6.45, 7) is 8.95. The van der Waals surface area contributed by atoms with Crippen LogP contribution in [0.1, 0.15) is 55.1 Å². The lowest BCUT2D eigenvalue weighted by molar-refractivity contribution is 0.0206. The van der Waals surface area contributed by atoms with E-state index in [-0.39, 0.29) is 18.0 Å². The Labute approximate surface area is 265 Å². The number of hydrogen-bond acceptors (Lipinski definition) is 9. The normalized spacial score (nSPS) is 15.0. The van der Waals surface area contributed by atoms with Crippen LogP contribution in [0.15, 0.2) is 60.2 Å². The van der Waals surface area contributed by atoms with E-state index < -0.39 is 5.60 Å². The molecule has 44 heavy (non-hydrogen) atoms. The molecule has 2 amide bonds. The van der Waals surface area contributed by atoms with Crippen molar-refractivity contribution in [2.75, 3.05) is 18.4 Å². The number of amides is 2. The molecule has 230 valence electrons. The van der Waals surface area contributed by atoms with Crippen LogP contribution in [0, 0.1) is 6.92 Å². The maximum atomic E-state index is 12.9. The van der Waals surface area contributed by atoms with E-state index in [0.717, 1.165) is 28.8 Å². The van der Waals surface area contributed by atoms with E-state index in [9.17, 15) is 9.59 Å². The van der Waals surface area contributed by atoms with E-state index in [1.165, 1.54) is 11.3 Å². The second kappa shape index (κ2) is 13.6. The fourth-order valence-corrected chi connectivity index (χ4v) is 5.56. The number of likely N-dealkylation sites (tertiary alicyclic amines) is 1. The molecule has 10 nitrogen and oxygen atoms in total. The van der Waals surface area contributed by atoms with Gasteiger partial charge >= 0.3 is 6.09 Å². The quantitative estimate of drug-likeness (QED) is 0.211. The second-order valence-corrected chi connectivity index (χ2v) is 12.8. The van der Waals surface area contributed by atoms with Crippen LogP contribution < -0.4 is 15.4 Å². The number of anilines is 1. The van der Waals surface area contributed by atoms with Gasteiger partial charge in [0.1, 0.15) is 16.2 Å². The Hall–Kier alpha value is -4.22. The van der Waals surface area contributed by atoms with Crippen LogP contribution in [0.5, 0.6) is 11.6 Å². The Kier molecular flexibility index (Phi) is 9.65. The molecule has 2 aromatic carbocycles. The Balaban J connectivity index is 1.26. The number of carbonyl (C=O) groups is 2. The third kappa shape index (κ3) is 8.03. The first kappa shape index (κ1) is 31.2. The van der Waals surface area contributed by atoms with E-state index in [1.807, 2.05) is 52.0 Å². The summed E-state index contributed by atoms with van der Waals surface area (Å²) in [7, 11) is 0. The van der Waals surface area contributed by atoms with Crippen molar-refractivity contribution in [2.24, 2.45) is 0 Å². The van der Waals surface area contributed by atoms with Crippen LogP contribution in [-0.4, -0.2) is 56.6 Å². The molecule has 0 bridgehead atoms. The van der Waals surface area contributed by atoms with Gasteiger partial charge in [-0.05, 0) is 75.9 Å². The molecular formula is C32H35ClN6O4S. The van der Waals surface area contributed by atoms with Gasteiger partial charge in [0.05, 0.1) is 11.2 Å². The first-order chi connectivity index (χ1) is 21.1. The maximum Gasteiger partial charge on any atom is 0.410 e. The van der Waals surface area contributed by atoms with Gasteiger partial charge in [-0.1, -0.05) is 35.9 Å². The van der Waals surface area contributed by atoms with E-state index in [4.69, 9.17) is 26.1 Å². The Morgan fingerprint density at radius 2 is 1.95 bits per heavy atom. The van der Waals surface area contributed by atoms with Crippen molar-refractivity contribution in [3.8, 4) is 22.2 Å². The predicted molar refractivity (Wildman–Crippen MR) is 171 cm³/mol. The van der Waals surface area contributed by atoms with Crippen molar-refractivity contribution in [1.29, 1.82) is 0 Å². The molecule has 0 radical (unpaired) electrons. The van der Waals surface area contributed by atoms with Crippen molar-refractivity contribution in [3.63, 3.8) is 0 Å². The number of aromatic nitrogens is 3. The molecule has 0 saturated carbocycles. The highest BCUT2D eigenvalue weighted by Crippen LogP contribution is 2.36. The molecule has 5 rings (SSSR count). The zero-order valence-electron chi connectivity index (χ0n) is 25.1. The third-order valence-electron chi connectivity index (χ3n) is 6.88. The van der Waals surface area contributed by atoms with E-state index in [2.05, 4.69) is 20.6 Å². The Bertz CT molecular complexity index is 1640. The molecule has 2 aromatic heterocycles. The van der Waals surface area contributed by atoms with Crippen molar-refractivity contribution in [2.45, 2.75) is 58.7 Å². The Morgan fingerprint density at radius 1 is 1.14 bits per heavy atom. The van der Waals surface area contributed by atoms with Gasteiger partial charge in [-0.15, -0.1) is 11.3 Å². The molecule has 1 fully saturated rings. The van der Waals surface area contributed by atoms with Crippen LogP contribution in [0.3, 0.4) is 0 Å². The van der Waals surface area contributed by atoms with Crippen LogP contribution in [-0.2, 0) is 11.3 Å². The van der Waals surface area contributed by atoms with Crippen molar-refractivity contribution in [1.82, 2.24) is 25.2 Å². The zero-order valence-corrected chi connectivity index (χ0v) is 26.7. The molecule has 1 aliphatic rings. The van der Waals surface area contributed by atoms with Crippen molar-refractivity contribution >= 4 is 40.9 Å². The maximum absolute atomic E-state index is 12.9. The van der Waals surface area contributed by atoms with Gasteiger partial charge in [0, 0.05) is 42.5 Å². The van der Waals surface area contributed by atoms with Gasteiger partial charge in [0.25, 0.3) is 5.91 Å². The molecule has 0 unspecified atom stereocenters. The summed E-state index contributed by atoms with van der Waals surface area (Å²) < 4.78 is 11.8. The van der Waals surface area contributed by atoms with E-state index in [0.29, 0.717) is 53.5 Å². The average Bonchev–Trinajstić information content (AvgIpc) is 3.45. The standard InChI is InChI=1S/C32H35ClN6O4S/c1-20-11-12-21(28(40)35-17-22-8-5-6-10-24(22)33)16-26(20)42-29-27(44-19-36-29)25-13-14-34-30(38-25)37-23-9-7-15-39(18-23)31(41)43-32(2,3)4/h5-6,8,10-14,16,19,23H,7,9,15,17-18H2,1-4H3,(H,35,40)(H,34,37,38)/t23-/m0/s1. The largest absolute Gasteiger partial charge is 0.444 e. The molecule has 0 spiro atoms. The summed E-state index contributed by atoms with van der Waals surface area (Å²) in [4.78, 5) is 41.5. The summed E-state index contributed by atoms with van der Waals surface area (Å²) in [6.07, 6.45) is 3.09. The lowest BCUT2D eigenvalue weighted by Crippen LogP contribution is -2.47. The van der Waals surface area contributed by atoms with Crippen LogP contribution in [0.25, 0.3) is 10.6 Å². The summed E-state index contributed by atoms with van der Waals surface area (Å²) in [5.41, 5.74) is 3.92. The molecular weight excluding hydrogens is 600 g/mol. The first-order valence-corrected chi connectivity index (χ1v) is 15.6. The monoisotopic (exact) mass is 634 g/mol. The molecule has 1 saturated heterocycles. The lowest BCUT2D eigenvalue weighted by atomic mass is 10.1. The molecule has 4 aromatic rings. The highest BCUT2D eigenvalue weighted by molar-refractivity contribution is 7.13. The first-order valence-electron chi connectivity index (χ1n) is 14.4. The van der Waals surface area contributed by atoms with Crippen LogP contribution in [0.4, 0.5) is 10.7 Å². The van der Waals surface area contributed by atoms with Crippen molar-refractivity contribution < 1.29 is 19.1 Å². The average molecular weight is 635 g/mol. The van der Waals surface area contributed by atoms with Crippen LogP contribution >= 0.6 is 22.9 Å². The summed E-state index contributed by atoms with van der Waals surface area (Å²) in [5.74, 6) is 1.10. The molecule has 3 heterocycles. The molecule has 0 aliphatic carbocycles. The van der Waals surface area contributed by atoms with Crippen molar-refractivity contribution in [3.05, 3.63) is 82.0 Å². The number of benzene rings is 2. The fourth-order valence-electron chi connectivity index (χ4n) is 4.68. The Morgan fingerprint density at radius 3 is 2.75 bits per heavy atom. The topological polar surface area (TPSA) is 119 Å². The van der Waals surface area contributed by atoms with Gasteiger partial charge in [-0.25, -0.2) is 19.7 Å². The number of thiazole rings is 1. The zero-order chi connectivity index (χ0) is 31.3. The number of carbonyl (C=O) groups excluding carboxylic acids is 2. The molecule has 12 heteroatoms. The van der Waals surface area contributed by atoms with Gasteiger partial charge in [0.2, 0.25) is 11.8 Å². The molecule has 1 aliphatic heterocycles. The van der Waals surface area contributed by atoms with E-state index in [1.54, 1.807) is 40.9 Å². The third-order valence-corrected chi connectivity index (χ3v) is 8.08. The minimum Gasteiger partial charge on any atom is -0.444 e. The fraction of sp³-hybridized carbons (Fsp3) is 0.344. The SMILES string of the molecule is Cc1ccc(C(=O)NCc2ccccc2Cl)cc1Oc1ncsc1-c1ccnc(N[C@H]2CCCN(C(=O)OC(C)(C)C)C2)n1. The number of rotatable bonds is 8. The highest BCUT2D eigenvalue weighted by Gasteiger charge is 2.28. The number of piperidine rings is 1. The number of halogens is 1. The minimum absolute atomic E-state index is 0.0156. The lowest BCUT2D eigenvalue weighted by Gasteiger charge is -2.34. The summed E-state index contributed by atoms with van der Waals surface area (Å²) >= 11 is 7.62. The summed E-state index contributed by atoms with van der Waals surface area (Å²) in [6, 6.07) is 14.5. The highest BCUT2D eigenvalue weighted by atomic mass is 35.5. The number of aryl methyl sites for hydroxylation is 1. The number of ether oxygens (including phenoxy) is 2.